The Bertz CT molecular complexity index is 776. The van der Waals surface area contributed by atoms with Crippen molar-refractivity contribution in [2.45, 2.75) is 45.1 Å². The molecule has 26 heavy (non-hydrogen) atoms. The number of phenols is 1. The maximum atomic E-state index is 12.9. The number of likely N-dealkylation sites (tertiary alicyclic amines) is 1. The third-order valence-corrected chi connectivity index (χ3v) is 5.16. The van der Waals surface area contributed by atoms with Gasteiger partial charge in [-0.1, -0.05) is 58.0 Å². The van der Waals surface area contributed by atoms with E-state index in [0.29, 0.717) is 5.56 Å². The van der Waals surface area contributed by atoms with Gasteiger partial charge in [0.2, 0.25) is 0 Å². The molecule has 0 aliphatic carbocycles. The van der Waals surface area contributed by atoms with E-state index < -0.39 is 5.60 Å². The Morgan fingerprint density at radius 2 is 1.50 bits per heavy atom. The number of hydrogen-bond acceptors (Lipinski definition) is 3. The largest absolute Gasteiger partial charge is 0.507 e. The van der Waals surface area contributed by atoms with Crippen LogP contribution in [0.4, 0.5) is 0 Å². The quantitative estimate of drug-likeness (QED) is 0.874. The van der Waals surface area contributed by atoms with Gasteiger partial charge in [-0.15, -0.1) is 0 Å². The fourth-order valence-electron chi connectivity index (χ4n) is 3.53. The Kier molecular flexibility index (Phi) is 4.80. The van der Waals surface area contributed by atoms with E-state index in [-0.39, 0.29) is 36.6 Å². The first-order chi connectivity index (χ1) is 12.2. The van der Waals surface area contributed by atoms with Gasteiger partial charge in [-0.3, -0.25) is 4.79 Å². The van der Waals surface area contributed by atoms with Crippen LogP contribution in [0.25, 0.3) is 0 Å². The lowest BCUT2D eigenvalue weighted by Gasteiger charge is -2.46. The molecule has 2 aromatic rings. The minimum atomic E-state index is -0.977. The summed E-state index contributed by atoms with van der Waals surface area (Å²) in [6.45, 7) is 8.59. The lowest BCUT2D eigenvalue weighted by molar-refractivity contribution is -0.0863. The molecule has 4 nitrogen and oxygen atoms in total. The summed E-state index contributed by atoms with van der Waals surface area (Å²) in [5.41, 5.74) is 2.01. The van der Waals surface area contributed by atoms with Gasteiger partial charge < -0.3 is 15.1 Å². The second-order valence-electron chi connectivity index (χ2n) is 7.87. The molecule has 1 amide bonds. The summed E-state index contributed by atoms with van der Waals surface area (Å²) in [5, 5.41) is 21.3. The van der Waals surface area contributed by atoms with Crippen molar-refractivity contribution >= 4 is 5.91 Å². The highest BCUT2D eigenvalue weighted by molar-refractivity contribution is 5.95. The smallest absolute Gasteiger partial charge is 0.254 e. The zero-order chi connectivity index (χ0) is 19.1. The number of amides is 1. The molecule has 0 saturated carbocycles. The number of aliphatic hydroxyl groups is 1. The number of phenolic OH excluding ortho intramolecular Hbond substituents is 1. The van der Waals surface area contributed by atoms with E-state index in [2.05, 4.69) is 0 Å². The molecule has 0 spiro atoms. The van der Waals surface area contributed by atoms with Crippen LogP contribution >= 0.6 is 0 Å². The van der Waals surface area contributed by atoms with Crippen LogP contribution in [0.2, 0.25) is 0 Å². The van der Waals surface area contributed by atoms with Crippen LogP contribution in [-0.2, 0) is 5.60 Å². The van der Waals surface area contributed by atoms with E-state index >= 15 is 0 Å². The van der Waals surface area contributed by atoms with Crippen LogP contribution in [0.3, 0.4) is 0 Å². The van der Waals surface area contributed by atoms with Crippen LogP contribution in [0.1, 0.15) is 66.6 Å². The van der Waals surface area contributed by atoms with E-state index in [0.717, 1.165) is 16.7 Å². The van der Waals surface area contributed by atoms with Crippen LogP contribution in [0.15, 0.2) is 42.5 Å². The maximum Gasteiger partial charge on any atom is 0.254 e. The van der Waals surface area contributed by atoms with Crippen molar-refractivity contribution in [3.05, 3.63) is 64.7 Å². The molecule has 0 unspecified atom stereocenters. The molecule has 1 heterocycles. The summed E-state index contributed by atoms with van der Waals surface area (Å²) in [6, 6.07) is 13.0. The maximum absolute atomic E-state index is 12.9. The first kappa shape index (κ1) is 18.5. The lowest BCUT2D eigenvalue weighted by Crippen LogP contribution is -2.61. The Balaban J connectivity index is 1.85. The molecule has 3 rings (SSSR count). The minimum Gasteiger partial charge on any atom is -0.507 e. The third kappa shape index (κ3) is 3.21. The fourth-order valence-corrected chi connectivity index (χ4v) is 3.53. The summed E-state index contributed by atoms with van der Waals surface area (Å²) in [4.78, 5) is 14.6. The molecular weight excluding hydrogens is 326 g/mol. The van der Waals surface area contributed by atoms with E-state index in [4.69, 9.17) is 0 Å². The summed E-state index contributed by atoms with van der Waals surface area (Å²) >= 11 is 0. The molecule has 0 bridgehead atoms. The van der Waals surface area contributed by atoms with Gasteiger partial charge in [-0.05, 0) is 40.7 Å². The van der Waals surface area contributed by atoms with E-state index in [1.54, 1.807) is 17.0 Å². The van der Waals surface area contributed by atoms with Crippen molar-refractivity contribution in [2.75, 3.05) is 13.1 Å². The van der Waals surface area contributed by atoms with E-state index in [1.165, 1.54) is 0 Å². The molecule has 1 saturated heterocycles. The highest BCUT2D eigenvalue weighted by Gasteiger charge is 2.45. The summed E-state index contributed by atoms with van der Waals surface area (Å²) in [6.07, 6.45) is 0. The van der Waals surface area contributed by atoms with Gasteiger partial charge in [-0.2, -0.15) is 0 Å². The summed E-state index contributed by atoms with van der Waals surface area (Å²) < 4.78 is 0. The van der Waals surface area contributed by atoms with Gasteiger partial charge in [0.1, 0.15) is 11.4 Å². The number of hydrogen-bond donors (Lipinski definition) is 2. The first-order valence-electron chi connectivity index (χ1n) is 9.17. The normalized spacial score (nSPS) is 16.0. The number of nitrogens with zero attached hydrogens (tertiary/aromatic N) is 1. The summed E-state index contributed by atoms with van der Waals surface area (Å²) in [5.74, 6) is 0.432. The topological polar surface area (TPSA) is 60.8 Å². The molecule has 1 aliphatic rings. The predicted octanol–water partition coefficient (Wildman–Crippen LogP) is 3.98. The molecule has 2 N–H and O–H groups in total. The zero-order valence-corrected chi connectivity index (χ0v) is 15.9. The average molecular weight is 353 g/mol. The van der Waals surface area contributed by atoms with Gasteiger partial charge >= 0.3 is 0 Å². The Hall–Kier alpha value is -2.33. The van der Waals surface area contributed by atoms with Gasteiger partial charge in [0.15, 0.2) is 0 Å². The van der Waals surface area contributed by atoms with Crippen molar-refractivity contribution in [3.8, 4) is 5.75 Å². The van der Waals surface area contributed by atoms with Crippen LogP contribution < -0.4 is 0 Å². The average Bonchev–Trinajstić information content (AvgIpc) is 2.58. The predicted molar refractivity (Wildman–Crippen MR) is 103 cm³/mol. The minimum absolute atomic E-state index is 0.102. The highest BCUT2D eigenvalue weighted by atomic mass is 16.3. The monoisotopic (exact) mass is 353 g/mol. The number of carbonyl (C=O) groups is 1. The van der Waals surface area contributed by atoms with Crippen LogP contribution in [0, 0.1) is 0 Å². The van der Waals surface area contributed by atoms with Crippen molar-refractivity contribution in [1.29, 1.82) is 0 Å². The Morgan fingerprint density at radius 1 is 1.00 bits per heavy atom. The number of aromatic hydroxyl groups is 1. The zero-order valence-electron chi connectivity index (χ0n) is 15.9. The van der Waals surface area contributed by atoms with Gasteiger partial charge in [0.05, 0.1) is 13.1 Å². The molecule has 1 fully saturated rings. The van der Waals surface area contributed by atoms with Crippen molar-refractivity contribution in [2.24, 2.45) is 0 Å². The number of benzene rings is 2. The van der Waals surface area contributed by atoms with Gasteiger partial charge in [-0.25, -0.2) is 0 Å². The molecule has 0 aromatic heterocycles. The van der Waals surface area contributed by atoms with Crippen LogP contribution in [0.5, 0.6) is 5.75 Å². The van der Waals surface area contributed by atoms with Crippen molar-refractivity contribution in [3.63, 3.8) is 0 Å². The van der Waals surface area contributed by atoms with Gasteiger partial charge in [0, 0.05) is 5.56 Å². The lowest BCUT2D eigenvalue weighted by atomic mass is 9.85. The highest BCUT2D eigenvalue weighted by Crippen LogP contribution is 2.37. The third-order valence-electron chi connectivity index (χ3n) is 5.16. The second-order valence-corrected chi connectivity index (χ2v) is 7.87. The summed E-state index contributed by atoms with van der Waals surface area (Å²) in [7, 11) is 0. The molecule has 0 atom stereocenters. The number of carbonyl (C=O) groups excluding carboxylic acids is 1. The first-order valence-corrected chi connectivity index (χ1v) is 9.17. The van der Waals surface area contributed by atoms with Crippen LogP contribution in [-0.4, -0.2) is 34.1 Å². The molecule has 0 radical (unpaired) electrons. The van der Waals surface area contributed by atoms with Crippen molar-refractivity contribution in [1.82, 2.24) is 4.90 Å². The molecule has 1 aliphatic heterocycles. The van der Waals surface area contributed by atoms with Gasteiger partial charge in [0.25, 0.3) is 5.91 Å². The standard InChI is InChI=1S/C22H27NO3/c1-14(2)18-10-16(11-19(15(3)4)20(18)24)21(25)23-12-22(26,13-23)17-8-6-5-7-9-17/h5-11,14-15,24,26H,12-13H2,1-4H3. The molecule has 138 valence electrons. The number of rotatable bonds is 4. The molecular formula is C22H27NO3. The van der Waals surface area contributed by atoms with Crippen molar-refractivity contribution < 1.29 is 15.0 Å². The number of β-amino-alcohol motifs (C(OH)–C–C–N with tert-alkyl or cyclic N) is 1. The molecule has 2 aromatic carbocycles. The second kappa shape index (κ2) is 6.76. The SMILES string of the molecule is CC(C)c1cc(C(=O)N2CC(O)(c3ccccc3)C2)cc(C(C)C)c1O. The fraction of sp³-hybridized carbons (Fsp3) is 0.409. The Labute approximate surface area is 155 Å². The van der Waals surface area contributed by atoms with E-state index in [9.17, 15) is 15.0 Å². The van der Waals surface area contributed by atoms with E-state index in [1.807, 2.05) is 58.0 Å². The Morgan fingerprint density at radius 3 is 1.96 bits per heavy atom. The molecule has 4 heteroatoms.